The van der Waals surface area contributed by atoms with Crippen molar-refractivity contribution >= 4 is 5.78 Å². The molecule has 10 heavy (non-hydrogen) atoms. The molecule has 0 amide bonds. The number of rotatable bonds is 3. The molecule has 0 aromatic rings. The van der Waals surface area contributed by atoms with E-state index < -0.39 is 0 Å². The van der Waals surface area contributed by atoms with Crippen LogP contribution in [0.2, 0.25) is 0 Å². The van der Waals surface area contributed by atoms with Gasteiger partial charge in [0.25, 0.3) is 0 Å². The van der Waals surface area contributed by atoms with E-state index in [0.29, 0.717) is 0 Å². The van der Waals surface area contributed by atoms with Gasteiger partial charge in [0.2, 0.25) is 5.78 Å². The fourth-order valence-corrected chi connectivity index (χ4v) is 0.650. The van der Waals surface area contributed by atoms with Crippen LogP contribution in [0.15, 0.2) is 0 Å². The van der Waals surface area contributed by atoms with Crippen molar-refractivity contribution < 1.29 is 6.22 Å². The first kappa shape index (κ1) is 9.23. The molecule has 0 unspecified atom stereocenters. The summed E-state index contributed by atoms with van der Waals surface area (Å²) in [5.74, 6) is 5.30. The van der Waals surface area contributed by atoms with E-state index in [1.807, 2.05) is 0 Å². The van der Waals surface area contributed by atoms with E-state index in [1.165, 1.54) is 19.8 Å². The molecule has 1 heteroatoms. The van der Waals surface area contributed by atoms with Crippen molar-refractivity contribution in [3.8, 4) is 11.8 Å². The number of carbonyl (C=O) groups is 1. The highest BCUT2D eigenvalue weighted by Gasteiger charge is 1.81. The van der Waals surface area contributed by atoms with E-state index in [2.05, 4.69) is 18.8 Å². The lowest BCUT2D eigenvalue weighted by atomic mass is 10.2. The van der Waals surface area contributed by atoms with Gasteiger partial charge in [-0.05, 0) is 12.3 Å². The lowest BCUT2D eigenvalue weighted by Crippen LogP contribution is -1.80. The first-order chi connectivity index (χ1) is 4.77. The summed E-state index contributed by atoms with van der Waals surface area (Å²) in [7, 11) is 0. The van der Waals surface area contributed by atoms with E-state index in [0.717, 1.165) is 12.8 Å². The fourth-order valence-electron chi connectivity index (χ4n) is 0.650. The minimum Gasteiger partial charge on any atom is -0.285 e. The van der Waals surface area contributed by atoms with Crippen molar-refractivity contribution in [3.63, 3.8) is 0 Å². The monoisotopic (exact) mass is 140 g/mol. The second kappa shape index (κ2) is 6.35. The van der Waals surface area contributed by atoms with Crippen LogP contribution in [0.3, 0.4) is 0 Å². The lowest BCUT2D eigenvalue weighted by molar-refractivity contribution is -0.111. The Hall–Kier alpha value is -0.770. The molecule has 0 aliphatic rings. The lowest BCUT2D eigenvalue weighted by Gasteiger charge is -1.87. The second-order valence-corrected chi connectivity index (χ2v) is 2.32. The highest BCUT2D eigenvalue weighted by atomic mass is 16.1. The largest absolute Gasteiger partial charge is 0.285 e. The number of unbranched alkanes of at least 4 members (excludes halogenated alkanes) is 3. The van der Waals surface area contributed by atoms with Crippen LogP contribution >= 0.6 is 0 Å². The van der Waals surface area contributed by atoms with Crippen LogP contribution in [0.5, 0.6) is 0 Å². The molecule has 0 saturated carbocycles. The van der Waals surface area contributed by atoms with Crippen molar-refractivity contribution in [1.82, 2.24) is 0 Å². The third-order valence-electron chi connectivity index (χ3n) is 1.17. The third-order valence-corrected chi connectivity index (χ3v) is 1.17. The van der Waals surface area contributed by atoms with Gasteiger partial charge in [-0.2, -0.15) is 0 Å². The van der Waals surface area contributed by atoms with Crippen LogP contribution < -0.4 is 0 Å². The van der Waals surface area contributed by atoms with Crippen molar-refractivity contribution in [2.75, 3.05) is 0 Å². The zero-order chi connectivity index (χ0) is 7.82. The number of carbonyl (C=O) groups excluding carboxylic acids is 1. The normalized spacial score (nSPS) is 8.20. The standard InChI is InChI=1S/C9H14O.H2/c1-3-4-5-6-7-8-9(2)10;/h3-6H2,1-2H3;1H. The molecule has 0 aliphatic carbocycles. The summed E-state index contributed by atoms with van der Waals surface area (Å²) in [6.07, 6.45) is 4.42. The van der Waals surface area contributed by atoms with Gasteiger partial charge in [0.1, 0.15) is 0 Å². The number of hydrogen-bond donors (Lipinski definition) is 0. The summed E-state index contributed by atoms with van der Waals surface area (Å²) >= 11 is 0. The Balaban J connectivity index is 0. The van der Waals surface area contributed by atoms with E-state index in [9.17, 15) is 4.79 Å². The zero-order valence-corrected chi connectivity index (χ0v) is 6.74. The Bertz CT molecular complexity index is 153. The molecule has 0 radical (unpaired) electrons. The molecule has 0 saturated heterocycles. The summed E-state index contributed by atoms with van der Waals surface area (Å²) in [6, 6.07) is 0. The molecule has 0 aromatic heterocycles. The SMILES string of the molecule is CCCCCC#CC(C)=O.[HH]. The summed E-state index contributed by atoms with van der Waals surface area (Å²) in [4.78, 5) is 10.3. The average Bonchev–Trinajstić information content (AvgIpc) is 1.87. The van der Waals surface area contributed by atoms with Crippen molar-refractivity contribution in [3.05, 3.63) is 0 Å². The molecule has 0 rings (SSSR count). The topological polar surface area (TPSA) is 17.1 Å². The first-order valence-electron chi connectivity index (χ1n) is 3.76. The minimum absolute atomic E-state index is 0. The number of hydrogen-bond acceptors (Lipinski definition) is 1. The van der Waals surface area contributed by atoms with Gasteiger partial charge in [-0.3, -0.25) is 4.79 Å². The number of ketones is 1. The third kappa shape index (κ3) is 7.23. The summed E-state index contributed by atoms with van der Waals surface area (Å²) in [5.41, 5.74) is 0. The summed E-state index contributed by atoms with van der Waals surface area (Å²) in [6.45, 7) is 3.64. The minimum atomic E-state index is -0.0310. The molecule has 1 nitrogen and oxygen atoms in total. The van der Waals surface area contributed by atoms with Gasteiger partial charge in [-0.1, -0.05) is 25.7 Å². The summed E-state index contributed by atoms with van der Waals surface area (Å²) in [5, 5.41) is 0. The molecule has 0 spiro atoms. The maximum absolute atomic E-state index is 10.3. The smallest absolute Gasteiger partial charge is 0.202 e. The van der Waals surface area contributed by atoms with Crippen LogP contribution in [-0.4, -0.2) is 5.78 Å². The molecule has 0 fully saturated rings. The summed E-state index contributed by atoms with van der Waals surface area (Å²) < 4.78 is 0. The van der Waals surface area contributed by atoms with Crippen molar-refractivity contribution in [2.24, 2.45) is 0 Å². The molecule has 0 heterocycles. The highest BCUT2D eigenvalue weighted by molar-refractivity contribution is 5.93. The predicted molar refractivity (Wildman–Crippen MR) is 44.7 cm³/mol. The first-order valence-corrected chi connectivity index (χ1v) is 3.76. The van der Waals surface area contributed by atoms with Crippen LogP contribution in [0.4, 0.5) is 0 Å². The van der Waals surface area contributed by atoms with E-state index in [4.69, 9.17) is 0 Å². The quantitative estimate of drug-likeness (QED) is 0.334. The zero-order valence-electron chi connectivity index (χ0n) is 6.74. The van der Waals surface area contributed by atoms with Gasteiger partial charge in [0.05, 0.1) is 0 Å². The van der Waals surface area contributed by atoms with Gasteiger partial charge in [0.15, 0.2) is 0 Å². The molecule has 0 aliphatic heterocycles. The Kier molecular flexibility index (Phi) is 5.86. The Labute approximate surface area is 64.3 Å². The molecular formula is C9H16O. The molecule has 0 N–H and O–H groups in total. The van der Waals surface area contributed by atoms with Crippen LogP contribution in [0.25, 0.3) is 0 Å². The van der Waals surface area contributed by atoms with Gasteiger partial charge < -0.3 is 0 Å². The van der Waals surface area contributed by atoms with E-state index in [-0.39, 0.29) is 7.21 Å². The fraction of sp³-hybridized carbons (Fsp3) is 0.667. The van der Waals surface area contributed by atoms with Gasteiger partial charge in [-0.25, -0.2) is 0 Å². The highest BCUT2D eigenvalue weighted by Crippen LogP contribution is 1.96. The van der Waals surface area contributed by atoms with Crippen LogP contribution in [0, 0.1) is 11.8 Å². The molecule has 58 valence electrons. The molecule has 0 atom stereocenters. The molecule has 0 bridgehead atoms. The average molecular weight is 140 g/mol. The Morgan fingerprint density at radius 3 is 2.70 bits per heavy atom. The van der Waals surface area contributed by atoms with E-state index in [1.54, 1.807) is 0 Å². The Morgan fingerprint density at radius 2 is 2.20 bits per heavy atom. The maximum Gasteiger partial charge on any atom is 0.202 e. The molecule has 0 aromatic carbocycles. The van der Waals surface area contributed by atoms with Gasteiger partial charge >= 0.3 is 0 Å². The predicted octanol–water partition coefficient (Wildman–Crippen LogP) is 2.41. The molecular weight excluding hydrogens is 124 g/mol. The van der Waals surface area contributed by atoms with Crippen molar-refractivity contribution in [2.45, 2.75) is 39.5 Å². The van der Waals surface area contributed by atoms with E-state index >= 15 is 0 Å². The van der Waals surface area contributed by atoms with Gasteiger partial charge in [-0.15, -0.1) is 0 Å². The second-order valence-electron chi connectivity index (χ2n) is 2.32. The Morgan fingerprint density at radius 1 is 1.50 bits per heavy atom. The van der Waals surface area contributed by atoms with Crippen LogP contribution in [0.1, 0.15) is 41.0 Å². The van der Waals surface area contributed by atoms with Crippen LogP contribution in [-0.2, 0) is 4.79 Å². The van der Waals surface area contributed by atoms with Crippen molar-refractivity contribution in [1.29, 1.82) is 0 Å². The maximum atomic E-state index is 10.3. The number of Topliss-reactive ketones (excluding diaryl/α,β-unsaturated/α-hetero) is 1. The van der Waals surface area contributed by atoms with Gasteiger partial charge in [0, 0.05) is 14.8 Å².